The zero-order valence-corrected chi connectivity index (χ0v) is 13.2. The number of aromatic nitrogens is 2. The van der Waals surface area contributed by atoms with Crippen LogP contribution in [0.4, 0.5) is 5.82 Å². The average molecular weight is 361 g/mol. The van der Waals surface area contributed by atoms with Crippen molar-refractivity contribution >= 4 is 28.4 Å². The number of halogens is 1. The average Bonchev–Trinajstić information content (AvgIpc) is 2.42. The summed E-state index contributed by atoms with van der Waals surface area (Å²) >= 11 is 2.33. The van der Waals surface area contributed by atoms with E-state index in [0.29, 0.717) is 5.92 Å². The molecule has 18 heavy (non-hydrogen) atoms. The molecule has 0 amide bonds. The Hall–Kier alpha value is -0.430. The monoisotopic (exact) mass is 361 g/mol. The number of nitrogens with one attached hydrogen (secondary N) is 1. The van der Waals surface area contributed by atoms with Gasteiger partial charge in [-0.1, -0.05) is 13.3 Å². The van der Waals surface area contributed by atoms with E-state index in [1.165, 1.54) is 0 Å². The van der Waals surface area contributed by atoms with Crippen LogP contribution in [0, 0.1) is 3.57 Å². The van der Waals surface area contributed by atoms with Gasteiger partial charge >= 0.3 is 0 Å². The first-order chi connectivity index (χ1) is 8.76. The number of hydrogen-bond donors (Lipinski definition) is 1. The molecule has 1 N–H and O–H groups in total. The normalized spacial score (nSPS) is 19.8. The molecule has 1 aliphatic heterocycles. The standard InChI is InChI=1S/C13H20IN3O/c1-3-5-10-11(14)13(15-2)17-12(16-10)9-6-4-7-18-8-9/h9H,3-8H2,1-2H3,(H,15,16,17). The molecular weight excluding hydrogens is 341 g/mol. The third kappa shape index (κ3) is 3.12. The number of hydrogen-bond acceptors (Lipinski definition) is 4. The van der Waals surface area contributed by atoms with Gasteiger partial charge in [-0.25, -0.2) is 9.97 Å². The van der Waals surface area contributed by atoms with Crippen LogP contribution in [-0.4, -0.2) is 30.2 Å². The van der Waals surface area contributed by atoms with Gasteiger partial charge in [0, 0.05) is 19.6 Å². The van der Waals surface area contributed by atoms with Crippen LogP contribution in [0.15, 0.2) is 0 Å². The fourth-order valence-electron chi connectivity index (χ4n) is 2.21. The maximum atomic E-state index is 5.54. The lowest BCUT2D eigenvalue weighted by atomic mass is 10.0. The number of anilines is 1. The highest BCUT2D eigenvalue weighted by atomic mass is 127. The summed E-state index contributed by atoms with van der Waals surface area (Å²) in [5, 5.41) is 3.17. The van der Waals surface area contributed by atoms with E-state index in [4.69, 9.17) is 9.72 Å². The molecule has 5 heteroatoms. The molecular formula is C13H20IN3O. The molecule has 0 saturated carbocycles. The summed E-state index contributed by atoms with van der Waals surface area (Å²) in [7, 11) is 1.92. The molecule has 0 bridgehead atoms. The molecule has 1 fully saturated rings. The Morgan fingerprint density at radius 3 is 2.89 bits per heavy atom. The topological polar surface area (TPSA) is 47.0 Å². The van der Waals surface area contributed by atoms with E-state index >= 15 is 0 Å². The van der Waals surface area contributed by atoms with E-state index in [0.717, 1.165) is 59.8 Å². The molecule has 1 unspecified atom stereocenters. The van der Waals surface area contributed by atoms with Crippen LogP contribution in [0.1, 0.15) is 43.6 Å². The van der Waals surface area contributed by atoms with Crippen molar-refractivity contribution in [2.24, 2.45) is 0 Å². The molecule has 0 aliphatic carbocycles. The number of aryl methyl sites for hydroxylation is 1. The highest BCUT2D eigenvalue weighted by Crippen LogP contribution is 2.27. The molecule has 4 nitrogen and oxygen atoms in total. The first kappa shape index (κ1) is 14.0. The van der Waals surface area contributed by atoms with Gasteiger partial charge in [0.15, 0.2) is 0 Å². The molecule has 1 atom stereocenters. The molecule has 2 heterocycles. The van der Waals surface area contributed by atoms with Crippen LogP contribution in [0.5, 0.6) is 0 Å². The molecule has 2 rings (SSSR count). The highest BCUT2D eigenvalue weighted by molar-refractivity contribution is 14.1. The molecule has 1 aliphatic rings. The summed E-state index contributed by atoms with van der Waals surface area (Å²) in [5.41, 5.74) is 1.16. The van der Waals surface area contributed by atoms with Gasteiger partial charge in [-0.15, -0.1) is 0 Å². The van der Waals surface area contributed by atoms with E-state index in [9.17, 15) is 0 Å². The Morgan fingerprint density at radius 1 is 1.44 bits per heavy atom. The number of rotatable bonds is 4. The van der Waals surface area contributed by atoms with E-state index in [2.05, 4.69) is 39.8 Å². The predicted molar refractivity (Wildman–Crippen MR) is 81.1 cm³/mol. The minimum Gasteiger partial charge on any atom is -0.381 e. The molecule has 0 spiro atoms. The largest absolute Gasteiger partial charge is 0.381 e. The summed E-state index contributed by atoms with van der Waals surface area (Å²) in [6.45, 7) is 3.82. The van der Waals surface area contributed by atoms with Crippen molar-refractivity contribution in [3.63, 3.8) is 0 Å². The van der Waals surface area contributed by atoms with E-state index < -0.39 is 0 Å². The Balaban J connectivity index is 2.31. The Labute approximate surface area is 122 Å². The van der Waals surface area contributed by atoms with E-state index in [1.54, 1.807) is 0 Å². The van der Waals surface area contributed by atoms with E-state index in [-0.39, 0.29) is 0 Å². The smallest absolute Gasteiger partial charge is 0.143 e. The van der Waals surface area contributed by atoms with Gasteiger partial charge in [-0.3, -0.25) is 0 Å². The van der Waals surface area contributed by atoms with Gasteiger partial charge < -0.3 is 10.1 Å². The lowest BCUT2D eigenvalue weighted by molar-refractivity contribution is 0.0780. The maximum absolute atomic E-state index is 5.54. The lowest BCUT2D eigenvalue weighted by Crippen LogP contribution is -2.19. The Kier molecular flexibility index (Phi) is 5.17. The van der Waals surface area contributed by atoms with Crippen LogP contribution in [0.2, 0.25) is 0 Å². The van der Waals surface area contributed by atoms with E-state index in [1.807, 2.05) is 7.05 Å². The van der Waals surface area contributed by atoms with Crippen molar-refractivity contribution in [1.82, 2.24) is 9.97 Å². The van der Waals surface area contributed by atoms with Crippen molar-refractivity contribution in [2.75, 3.05) is 25.6 Å². The number of ether oxygens (including phenoxy) is 1. The summed E-state index contributed by atoms with van der Waals surface area (Å²) in [6.07, 6.45) is 4.36. The van der Waals surface area contributed by atoms with Crippen molar-refractivity contribution in [3.8, 4) is 0 Å². The molecule has 1 aromatic rings. The van der Waals surface area contributed by atoms with Gasteiger partial charge in [0.2, 0.25) is 0 Å². The van der Waals surface area contributed by atoms with Crippen molar-refractivity contribution in [3.05, 3.63) is 15.1 Å². The lowest BCUT2D eigenvalue weighted by Gasteiger charge is -2.22. The fourth-order valence-corrected chi connectivity index (χ4v) is 2.99. The van der Waals surface area contributed by atoms with Crippen LogP contribution < -0.4 is 5.32 Å². The summed E-state index contributed by atoms with van der Waals surface area (Å²) in [6, 6.07) is 0. The predicted octanol–water partition coefficient (Wildman–Crippen LogP) is 2.97. The highest BCUT2D eigenvalue weighted by Gasteiger charge is 2.21. The maximum Gasteiger partial charge on any atom is 0.143 e. The number of nitrogens with zero attached hydrogens (tertiary/aromatic N) is 2. The molecule has 1 saturated heterocycles. The van der Waals surface area contributed by atoms with Gasteiger partial charge in [0.05, 0.1) is 15.9 Å². The fraction of sp³-hybridized carbons (Fsp3) is 0.692. The molecule has 1 aromatic heterocycles. The Bertz CT molecular complexity index is 405. The summed E-state index contributed by atoms with van der Waals surface area (Å²) in [4.78, 5) is 9.40. The first-order valence-corrected chi connectivity index (χ1v) is 7.66. The second-order valence-electron chi connectivity index (χ2n) is 4.61. The summed E-state index contributed by atoms with van der Waals surface area (Å²) in [5.74, 6) is 2.26. The van der Waals surface area contributed by atoms with Crippen LogP contribution >= 0.6 is 22.6 Å². The van der Waals surface area contributed by atoms with Gasteiger partial charge in [-0.2, -0.15) is 0 Å². The van der Waals surface area contributed by atoms with Crippen LogP contribution in [0.25, 0.3) is 0 Å². The first-order valence-electron chi connectivity index (χ1n) is 6.58. The van der Waals surface area contributed by atoms with Crippen molar-refractivity contribution < 1.29 is 4.74 Å². The zero-order valence-electron chi connectivity index (χ0n) is 11.0. The second-order valence-corrected chi connectivity index (χ2v) is 5.68. The summed E-state index contributed by atoms with van der Waals surface area (Å²) < 4.78 is 6.69. The van der Waals surface area contributed by atoms with Gasteiger partial charge in [0.25, 0.3) is 0 Å². The minimum absolute atomic E-state index is 0.360. The Morgan fingerprint density at radius 2 is 2.28 bits per heavy atom. The zero-order chi connectivity index (χ0) is 13.0. The molecule has 0 aromatic carbocycles. The third-order valence-electron chi connectivity index (χ3n) is 3.19. The van der Waals surface area contributed by atoms with Gasteiger partial charge in [-0.05, 0) is 41.9 Å². The SMILES string of the molecule is CCCc1nc(C2CCCOC2)nc(NC)c1I. The van der Waals surface area contributed by atoms with Gasteiger partial charge in [0.1, 0.15) is 11.6 Å². The van der Waals surface area contributed by atoms with Crippen molar-refractivity contribution in [2.45, 2.75) is 38.5 Å². The van der Waals surface area contributed by atoms with Crippen LogP contribution in [-0.2, 0) is 11.2 Å². The molecule has 100 valence electrons. The van der Waals surface area contributed by atoms with Crippen molar-refractivity contribution in [1.29, 1.82) is 0 Å². The second kappa shape index (κ2) is 6.65. The minimum atomic E-state index is 0.360. The quantitative estimate of drug-likeness (QED) is 0.838. The third-order valence-corrected chi connectivity index (χ3v) is 4.32. The molecule has 0 radical (unpaired) electrons. The van der Waals surface area contributed by atoms with Crippen LogP contribution in [0.3, 0.4) is 0 Å².